The van der Waals surface area contributed by atoms with Gasteiger partial charge in [-0.1, -0.05) is 13.8 Å². The molecule has 0 spiro atoms. The average molecular weight is 275 g/mol. The zero-order chi connectivity index (χ0) is 12.3. The lowest BCUT2D eigenvalue weighted by molar-refractivity contribution is -0.136. The molecule has 2 saturated heterocycles. The first-order valence-corrected chi connectivity index (χ1v) is 7.08. The number of amides is 1. The van der Waals surface area contributed by atoms with Crippen LogP contribution in [0.25, 0.3) is 0 Å². The van der Waals surface area contributed by atoms with E-state index in [4.69, 9.17) is 0 Å². The molecule has 0 aliphatic carbocycles. The molecule has 18 heavy (non-hydrogen) atoms. The van der Waals surface area contributed by atoms with Crippen LogP contribution < -0.4 is 5.32 Å². The van der Waals surface area contributed by atoms with Crippen molar-refractivity contribution in [3.63, 3.8) is 0 Å². The maximum absolute atomic E-state index is 12.4. The third-order valence-corrected chi connectivity index (χ3v) is 4.30. The second kappa shape index (κ2) is 6.76. The Kier molecular flexibility index (Phi) is 5.93. The van der Waals surface area contributed by atoms with Gasteiger partial charge >= 0.3 is 0 Å². The van der Waals surface area contributed by atoms with Crippen molar-refractivity contribution in [2.75, 3.05) is 26.2 Å². The molecule has 2 aliphatic rings. The van der Waals surface area contributed by atoms with Crippen molar-refractivity contribution in [3.8, 4) is 0 Å². The van der Waals surface area contributed by atoms with Crippen LogP contribution in [-0.2, 0) is 4.79 Å². The fourth-order valence-corrected chi connectivity index (χ4v) is 2.96. The van der Waals surface area contributed by atoms with Crippen LogP contribution in [0.4, 0.5) is 0 Å². The number of carbonyl (C=O) groups is 1. The van der Waals surface area contributed by atoms with Crippen LogP contribution in [0.2, 0.25) is 0 Å². The molecular formula is C14H27ClN2O. The number of hydrogen-bond donors (Lipinski definition) is 1. The first kappa shape index (κ1) is 15.8. The highest BCUT2D eigenvalue weighted by atomic mass is 35.5. The van der Waals surface area contributed by atoms with Crippen molar-refractivity contribution in [3.05, 3.63) is 0 Å². The minimum atomic E-state index is 0. The van der Waals surface area contributed by atoms with Gasteiger partial charge in [-0.05, 0) is 44.1 Å². The van der Waals surface area contributed by atoms with Gasteiger partial charge in [0.05, 0.1) is 5.92 Å². The predicted octanol–water partition coefficient (Wildman–Crippen LogP) is 2.45. The third kappa shape index (κ3) is 4.13. The van der Waals surface area contributed by atoms with Gasteiger partial charge in [0.25, 0.3) is 0 Å². The minimum absolute atomic E-state index is 0. The lowest BCUT2D eigenvalue weighted by Gasteiger charge is -2.29. The zero-order valence-corrected chi connectivity index (χ0v) is 12.5. The molecule has 1 unspecified atom stereocenters. The molecule has 4 heteroatoms. The summed E-state index contributed by atoms with van der Waals surface area (Å²) in [6.45, 7) is 8.54. The molecule has 1 atom stereocenters. The van der Waals surface area contributed by atoms with E-state index in [0.717, 1.165) is 45.4 Å². The van der Waals surface area contributed by atoms with Gasteiger partial charge in [-0.2, -0.15) is 0 Å². The van der Waals surface area contributed by atoms with Crippen LogP contribution in [0.5, 0.6) is 0 Å². The Labute approximate surface area is 117 Å². The molecule has 106 valence electrons. The second-order valence-corrected chi connectivity index (χ2v) is 6.39. The smallest absolute Gasteiger partial charge is 0.226 e. The van der Waals surface area contributed by atoms with E-state index in [1.807, 2.05) is 0 Å². The van der Waals surface area contributed by atoms with Gasteiger partial charge in [0, 0.05) is 19.6 Å². The maximum Gasteiger partial charge on any atom is 0.226 e. The molecular weight excluding hydrogens is 248 g/mol. The Morgan fingerprint density at radius 2 is 2.00 bits per heavy atom. The van der Waals surface area contributed by atoms with Crippen molar-refractivity contribution in [1.29, 1.82) is 0 Å². The lowest BCUT2D eigenvalue weighted by Crippen LogP contribution is -2.43. The SMILES string of the molecule is CC1(C)CCCN(C(=O)C2CCCNC2)CC1.Cl. The molecule has 0 bridgehead atoms. The highest BCUT2D eigenvalue weighted by Crippen LogP contribution is 2.30. The quantitative estimate of drug-likeness (QED) is 0.797. The molecule has 1 N–H and O–H groups in total. The molecule has 3 nitrogen and oxygen atoms in total. The van der Waals surface area contributed by atoms with Gasteiger partial charge in [-0.25, -0.2) is 0 Å². The van der Waals surface area contributed by atoms with E-state index in [-0.39, 0.29) is 18.3 Å². The van der Waals surface area contributed by atoms with Gasteiger partial charge < -0.3 is 10.2 Å². The molecule has 0 aromatic carbocycles. The predicted molar refractivity (Wildman–Crippen MR) is 77.1 cm³/mol. The molecule has 0 saturated carbocycles. The summed E-state index contributed by atoms with van der Waals surface area (Å²) in [6, 6.07) is 0. The molecule has 0 aromatic rings. The standard InChI is InChI=1S/C14H26N2O.ClH/c1-14(2)6-4-9-16(10-7-14)13(17)12-5-3-8-15-11-12;/h12,15H,3-11H2,1-2H3;1H. The third-order valence-electron chi connectivity index (χ3n) is 4.30. The van der Waals surface area contributed by atoms with Crippen LogP contribution in [-0.4, -0.2) is 37.0 Å². The summed E-state index contributed by atoms with van der Waals surface area (Å²) in [7, 11) is 0. The van der Waals surface area contributed by atoms with Gasteiger partial charge in [-0.15, -0.1) is 12.4 Å². The van der Waals surface area contributed by atoms with E-state index in [9.17, 15) is 4.79 Å². The van der Waals surface area contributed by atoms with Crippen LogP contribution in [0.1, 0.15) is 46.0 Å². The van der Waals surface area contributed by atoms with E-state index < -0.39 is 0 Å². The van der Waals surface area contributed by atoms with Gasteiger partial charge in [0.15, 0.2) is 0 Å². The summed E-state index contributed by atoms with van der Waals surface area (Å²) < 4.78 is 0. The van der Waals surface area contributed by atoms with E-state index in [0.29, 0.717) is 11.3 Å². The number of carbonyl (C=O) groups excluding carboxylic acids is 1. The summed E-state index contributed by atoms with van der Waals surface area (Å²) in [6.07, 6.45) is 5.79. The van der Waals surface area contributed by atoms with Crippen LogP contribution in [0.3, 0.4) is 0 Å². The van der Waals surface area contributed by atoms with Crippen molar-refractivity contribution < 1.29 is 4.79 Å². The molecule has 2 aliphatic heterocycles. The van der Waals surface area contributed by atoms with Crippen LogP contribution >= 0.6 is 12.4 Å². The van der Waals surface area contributed by atoms with E-state index >= 15 is 0 Å². The van der Waals surface area contributed by atoms with Crippen molar-refractivity contribution in [2.45, 2.75) is 46.0 Å². The molecule has 2 fully saturated rings. The summed E-state index contributed by atoms with van der Waals surface area (Å²) in [5.74, 6) is 0.639. The monoisotopic (exact) mass is 274 g/mol. The lowest BCUT2D eigenvalue weighted by atomic mass is 9.85. The number of rotatable bonds is 1. The molecule has 2 heterocycles. The normalized spacial score (nSPS) is 28.1. The highest BCUT2D eigenvalue weighted by Gasteiger charge is 2.29. The first-order valence-electron chi connectivity index (χ1n) is 7.08. The Bertz CT molecular complexity index is 275. The summed E-state index contributed by atoms with van der Waals surface area (Å²) in [5.41, 5.74) is 0.417. The first-order chi connectivity index (χ1) is 8.08. The van der Waals surface area contributed by atoms with Crippen molar-refractivity contribution in [1.82, 2.24) is 10.2 Å². The molecule has 2 rings (SSSR count). The molecule has 0 radical (unpaired) electrons. The van der Waals surface area contributed by atoms with Crippen molar-refractivity contribution >= 4 is 18.3 Å². The van der Waals surface area contributed by atoms with Gasteiger partial charge in [-0.3, -0.25) is 4.79 Å². The Hall–Kier alpha value is -0.280. The summed E-state index contributed by atoms with van der Waals surface area (Å²) in [4.78, 5) is 14.5. The molecule has 0 aromatic heterocycles. The number of nitrogens with zero attached hydrogens (tertiary/aromatic N) is 1. The maximum atomic E-state index is 12.4. The highest BCUT2D eigenvalue weighted by molar-refractivity contribution is 5.85. The zero-order valence-electron chi connectivity index (χ0n) is 11.7. The van der Waals surface area contributed by atoms with Gasteiger partial charge in [0.2, 0.25) is 5.91 Å². The minimum Gasteiger partial charge on any atom is -0.342 e. The number of likely N-dealkylation sites (tertiary alicyclic amines) is 1. The Balaban J connectivity index is 0.00000162. The fraction of sp³-hybridized carbons (Fsp3) is 0.929. The Morgan fingerprint density at radius 3 is 2.67 bits per heavy atom. The van der Waals surface area contributed by atoms with E-state index in [2.05, 4.69) is 24.1 Å². The summed E-state index contributed by atoms with van der Waals surface area (Å²) >= 11 is 0. The second-order valence-electron chi connectivity index (χ2n) is 6.39. The van der Waals surface area contributed by atoms with Crippen LogP contribution in [0.15, 0.2) is 0 Å². The fourth-order valence-electron chi connectivity index (χ4n) is 2.96. The van der Waals surface area contributed by atoms with E-state index in [1.54, 1.807) is 0 Å². The van der Waals surface area contributed by atoms with Crippen LogP contribution in [0, 0.1) is 11.3 Å². The largest absolute Gasteiger partial charge is 0.342 e. The number of halogens is 1. The van der Waals surface area contributed by atoms with E-state index in [1.165, 1.54) is 12.8 Å². The Morgan fingerprint density at radius 1 is 1.22 bits per heavy atom. The van der Waals surface area contributed by atoms with Crippen molar-refractivity contribution in [2.24, 2.45) is 11.3 Å². The topological polar surface area (TPSA) is 32.3 Å². The number of piperidine rings is 1. The van der Waals surface area contributed by atoms with Gasteiger partial charge in [0.1, 0.15) is 0 Å². The number of nitrogens with one attached hydrogen (secondary N) is 1. The average Bonchev–Trinajstić information content (AvgIpc) is 2.50. The molecule has 1 amide bonds. The number of hydrogen-bond acceptors (Lipinski definition) is 2. The summed E-state index contributed by atoms with van der Waals surface area (Å²) in [5, 5.41) is 3.34.